The summed E-state index contributed by atoms with van der Waals surface area (Å²) < 4.78 is 17.2. The van der Waals surface area contributed by atoms with Gasteiger partial charge < -0.3 is 24.4 Å². The largest absolute Gasteiger partial charge is 0.465 e. The quantitative estimate of drug-likeness (QED) is 0.637. The lowest BCUT2D eigenvalue weighted by molar-refractivity contribution is -0.286. The zero-order valence-electron chi connectivity index (χ0n) is 18.1. The van der Waals surface area contributed by atoms with Gasteiger partial charge >= 0.3 is 5.97 Å². The first-order chi connectivity index (χ1) is 14.4. The number of carbonyl (C=O) groups is 2. The molecule has 0 radical (unpaired) electrons. The van der Waals surface area contributed by atoms with Crippen molar-refractivity contribution in [1.29, 1.82) is 0 Å². The Kier molecular flexibility index (Phi) is 5.25. The van der Waals surface area contributed by atoms with Crippen molar-refractivity contribution in [3.8, 4) is 0 Å². The number of hydrogen-bond donors (Lipinski definition) is 2. The van der Waals surface area contributed by atoms with Gasteiger partial charge in [-0.3, -0.25) is 9.59 Å². The summed E-state index contributed by atoms with van der Waals surface area (Å²) in [6.45, 7) is 8.51. The van der Waals surface area contributed by atoms with Crippen LogP contribution in [0.5, 0.6) is 0 Å². The molecule has 8 atom stereocenters. The van der Waals surface area contributed by atoms with Crippen molar-refractivity contribution in [2.45, 2.75) is 58.2 Å². The molecule has 4 aliphatic rings. The summed E-state index contributed by atoms with van der Waals surface area (Å²) in [4.78, 5) is 26.2. The van der Waals surface area contributed by atoms with E-state index in [9.17, 15) is 19.8 Å². The van der Waals surface area contributed by atoms with Gasteiger partial charge in [0.25, 0.3) is 0 Å². The SMILES string of the molecule is C[C@H](/C=C/C1=CC2=C(Cl)C(=O)[C@]3(C)O[C@]4(O)[C@H](C)[C@@H](C)OC(=O)[C@@H]4[C@H]3C2=CO1)[C@@H](C)O. The third-order valence-corrected chi connectivity index (χ3v) is 7.50. The Labute approximate surface area is 186 Å². The molecule has 3 aliphatic heterocycles. The Hall–Kier alpha value is -1.93. The van der Waals surface area contributed by atoms with Crippen LogP contribution >= 0.6 is 11.6 Å². The highest BCUT2D eigenvalue weighted by molar-refractivity contribution is 6.45. The van der Waals surface area contributed by atoms with Crippen LogP contribution in [0.3, 0.4) is 0 Å². The molecule has 1 aliphatic carbocycles. The number of allylic oxidation sites excluding steroid dienone is 3. The third kappa shape index (κ3) is 3.13. The molecule has 0 unspecified atom stereocenters. The second kappa shape index (κ2) is 7.30. The number of aliphatic hydroxyl groups is 2. The van der Waals surface area contributed by atoms with E-state index in [-0.39, 0.29) is 11.0 Å². The maximum absolute atomic E-state index is 13.3. The zero-order chi connectivity index (χ0) is 22.9. The molecule has 2 saturated heterocycles. The van der Waals surface area contributed by atoms with Crippen molar-refractivity contribution < 1.29 is 34.0 Å². The molecule has 0 bridgehead atoms. The molecule has 0 aromatic heterocycles. The molecule has 4 rings (SSSR count). The molecule has 2 fully saturated rings. The highest BCUT2D eigenvalue weighted by Crippen LogP contribution is 2.60. The molecular weight excluding hydrogens is 424 g/mol. The molecule has 0 saturated carbocycles. The van der Waals surface area contributed by atoms with E-state index in [4.69, 9.17) is 25.8 Å². The van der Waals surface area contributed by atoms with E-state index < -0.39 is 53.1 Å². The number of Topliss-reactive ketones (excluding diaryl/α,β-unsaturated/α-hetero) is 1. The molecule has 0 spiro atoms. The molecule has 2 N–H and O–H groups in total. The van der Waals surface area contributed by atoms with Gasteiger partial charge in [0, 0.05) is 28.9 Å². The van der Waals surface area contributed by atoms with Crippen LogP contribution in [0.4, 0.5) is 0 Å². The highest BCUT2D eigenvalue weighted by atomic mass is 35.5. The van der Waals surface area contributed by atoms with Gasteiger partial charge in [0.05, 0.1) is 17.4 Å². The first-order valence-corrected chi connectivity index (χ1v) is 10.8. The Morgan fingerprint density at radius 2 is 1.90 bits per heavy atom. The number of halogens is 1. The van der Waals surface area contributed by atoms with Crippen LogP contribution < -0.4 is 0 Å². The first kappa shape index (κ1) is 22.3. The molecule has 8 heteroatoms. The van der Waals surface area contributed by atoms with Crippen molar-refractivity contribution in [1.82, 2.24) is 0 Å². The van der Waals surface area contributed by atoms with Crippen LogP contribution in [-0.2, 0) is 23.8 Å². The number of fused-ring (bicyclic) bond motifs is 5. The Morgan fingerprint density at radius 3 is 2.55 bits per heavy atom. The summed E-state index contributed by atoms with van der Waals surface area (Å²) >= 11 is 6.47. The summed E-state index contributed by atoms with van der Waals surface area (Å²) in [7, 11) is 0. The van der Waals surface area contributed by atoms with Crippen LogP contribution in [0.1, 0.15) is 34.6 Å². The fraction of sp³-hybridized carbons (Fsp3) is 0.565. The van der Waals surface area contributed by atoms with Crippen LogP contribution in [-0.4, -0.2) is 45.6 Å². The number of ether oxygens (including phenoxy) is 3. The van der Waals surface area contributed by atoms with Crippen LogP contribution in [0, 0.1) is 23.7 Å². The fourth-order valence-corrected chi connectivity index (χ4v) is 5.14. The lowest BCUT2D eigenvalue weighted by atomic mass is 9.65. The van der Waals surface area contributed by atoms with E-state index in [1.54, 1.807) is 45.9 Å². The van der Waals surface area contributed by atoms with E-state index in [2.05, 4.69) is 0 Å². The number of hydrogen-bond acceptors (Lipinski definition) is 7. The maximum Gasteiger partial charge on any atom is 0.315 e. The lowest BCUT2D eigenvalue weighted by Gasteiger charge is -2.42. The maximum atomic E-state index is 13.3. The van der Waals surface area contributed by atoms with E-state index in [0.717, 1.165) is 0 Å². The Morgan fingerprint density at radius 1 is 1.23 bits per heavy atom. The van der Waals surface area contributed by atoms with Crippen molar-refractivity contribution in [2.24, 2.45) is 23.7 Å². The van der Waals surface area contributed by atoms with Crippen LogP contribution in [0.15, 0.2) is 46.4 Å². The molecule has 0 aromatic carbocycles. The summed E-state index contributed by atoms with van der Waals surface area (Å²) in [6, 6.07) is 0. The van der Waals surface area contributed by atoms with Gasteiger partial charge in [0.2, 0.25) is 5.78 Å². The minimum atomic E-state index is -1.87. The molecule has 7 nitrogen and oxygen atoms in total. The van der Waals surface area contributed by atoms with Gasteiger partial charge in [-0.15, -0.1) is 0 Å². The van der Waals surface area contributed by atoms with E-state index in [1.165, 1.54) is 6.26 Å². The van der Waals surface area contributed by atoms with Crippen molar-refractivity contribution in [2.75, 3.05) is 0 Å². The molecule has 168 valence electrons. The summed E-state index contributed by atoms with van der Waals surface area (Å²) in [5.74, 6) is -5.11. The molecule has 3 heterocycles. The van der Waals surface area contributed by atoms with Crippen LogP contribution in [0.25, 0.3) is 0 Å². The average molecular weight is 451 g/mol. The first-order valence-electron chi connectivity index (χ1n) is 10.4. The minimum absolute atomic E-state index is 0.0425. The number of ketones is 1. The number of esters is 1. The second-order valence-corrected chi connectivity index (χ2v) is 9.48. The predicted octanol–water partition coefficient (Wildman–Crippen LogP) is 2.72. The van der Waals surface area contributed by atoms with Gasteiger partial charge in [-0.05, 0) is 32.9 Å². The summed E-state index contributed by atoms with van der Waals surface area (Å²) in [5, 5.41) is 21.0. The molecule has 0 aromatic rings. The predicted molar refractivity (Wildman–Crippen MR) is 111 cm³/mol. The van der Waals surface area contributed by atoms with Crippen molar-refractivity contribution in [3.05, 3.63) is 46.4 Å². The average Bonchev–Trinajstić information content (AvgIpc) is 2.98. The standard InChI is InChI=1S/C23H27ClO7/c1-10(12(3)25)6-7-14-8-15-16(9-29-14)17-18-21(27)30-13(4)11(2)23(18,28)31-22(17,5)20(26)19(15)24/h6-13,17-18,25,28H,1-5H3/b7-6+/t10-,11-,12-,13-,17-,18+,22-,23-/m1/s1. The normalized spacial score (nSPS) is 41.5. The highest BCUT2D eigenvalue weighted by Gasteiger charge is 2.72. The van der Waals surface area contributed by atoms with Gasteiger partial charge in [-0.1, -0.05) is 31.5 Å². The van der Waals surface area contributed by atoms with Gasteiger partial charge in [0.15, 0.2) is 5.79 Å². The summed E-state index contributed by atoms with van der Waals surface area (Å²) in [6.07, 6.45) is 5.46. The molecular formula is C23H27ClO7. The summed E-state index contributed by atoms with van der Waals surface area (Å²) in [5.41, 5.74) is -0.599. The zero-order valence-corrected chi connectivity index (χ0v) is 18.8. The van der Waals surface area contributed by atoms with Gasteiger partial charge in [-0.25, -0.2) is 0 Å². The van der Waals surface area contributed by atoms with Gasteiger partial charge in [-0.2, -0.15) is 0 Å². The van der Waals surface area contributed by atoms with Crippen LogP contribution in [0.2, 0.25) is 0 Å². The van der Waals surface area contributed by atoms with Gasteiger partial charge in [0.1, 0.15) is 23.4 Å². The second-order valence-electron chi connectivity index (χ2n) is 9.10. The Bertz CT molecular complexity index is 961. The van der Waals surface area contributed by atoms with E-state index in [0.29, 0.717) is 16.9 Å². The topological polar surface area (TPSA) is 102 Å². The van der Waals surface area contributed by atoms with Crippen molar-refractivity contribution >= 4 is 23.4 Å². The minimum Gasteiger partial charge on any atom is -0.465 e. The third-order valence-electron chi connectivity index (χ3n) is 7.13. The van der Waals surface area contributed by atoms with Crippen molar-refractivity contribution in [3.63, 3.8) is 0 Å². The number of aliphatic hydroxyl groups excluding tert-OH is 1. The Balaban J connectivity index is 1.77. The fourth-order valence-electron chi connectivity index (χ4n) is 4.78. The smallest absolute Gasteiger partial charge is 0.315 e. The van der Waals surface area contributed by atoms with E-state index in [1.807, 2.05) is 6.92 Å². The monoisotopic (exact) mass is 450 g/mol. The van der Waals surface area contributed by atoms with E-state index >= 15 is 0 Å². The lowest BCUT2D eigenvalue weighted by Crippen LogP contribution is -2.56. The molecule has 31 heavy (non-hydrogen) atoms. The number of cyclic esters (lactones) is 1. The molecule has 0 amide bonds. The number of rotatable bonds is 3. The number of carbonyl (C=O) groups excluding carboxylic acids is 2.